The number of aryl methyl sites for hydroxylation is 1. The summed E-state index contributed by atoms with van der Waals surface area (Å²) in [5, 5.41) is 4.19. The molecule has 0 fully saturated rings. The Kier molecular flexibility index (Phi) is 3.35. The van der Waals surface area contributed by atoms with Gasteiger partial charge in [0.1, 0.15) is 5.56 Å². The van der Waals surface area contributed by atoms with E-state index in [1.165, 1.54) is 6.20 Å². The Hall–Kier alpha value is -2.76. The lowest BCUT2D eigenvalue weighted by atomic mass is 10.2. The Morgan fingerprint density at radius 2 is 2.24 bits per heavy atom. The normalized spacial score (nSPS) is 10.8. The second-order valence-electron chi connectivity index (χ2n) is 4.54. The van der Waals surface area contributed by atoms with Crippen molar-refractivity contribution in [2.45, 2.75) is 13.8 Å². The van der Waals surface area contributed by atoms with Gasteiger partial charge in [0.2, 0.25) is 0 Å². The third-order valence-corrected chi connectivity index (χ3v) is 3.10. The lowest BCUT2D eigenvalue weighted by Gasteiger charge is -2.05. The van der Waals surface area contributed by atoms with E-state index >= 15 is 0 Å². The maximum atomic E-state index is 12.0. The molecule has 3 aromatic heterocycles. The van der Waals surface area contributed by atoms with E-state index in [4.69, 9.17) is 4.74 Å². The number of ether oxygens (including phenoxy) is 1. The second-order valence-corrected chi connectivity index (χ2v) is 4.54. The minimum absolute atomic E-state index is 0.317. The molecule has 0 spiro atoms. The van der Waals surface area contributed by atoms with E-state index in [1.54, 1.807) is 23.8 Å². The molecule has 0 aliphatic carbocycles. The Balaban J connectivity index is 2.17. The monoisotopic (exact) mass is 282 g/mol. The smallest absolute Gasteiger partial charge is 0.343 e. The molecule has 3 rings (SSSR count). The Morgan fingerprint density at radius 1 is 1.38 bits per heavy atom. The van der Waals surface area contributed by atoms with Gasteiger partial charge in [0.25, 0.3) is 0 Å². The fourth-order valence-electron chi connectivity index (χ4n) is 2.13. The maximum Gasteiger partial charge on any atom is 0.343 e. The zero-order valence-corrected chi connectivity index (χ0v) is 11.8. The van der Waals surface area contributed by atoms with Crippen molar-refractivity contribution in [2.24, 2.45) is 0 Å². The lowest BCUT2D eigenvalue weighted by molar-refractivity contribution is 0.0528. The minimum Gasteiger partial charge on any atom is -0.462 e. The van der Waals surface area contributed by atoms with Crippen LogP contribution in [0.3, 0.4) is 0 Å². The molecule has 0 radical (unpaired) electrons. The molecular weight excluding hydrogens is 268 g/mol. The summed E-state index contributed by atoms with van der Waals surface area (Å²) in [4.78, 5) is 20.6. The van der Waals surface area contributed by atoms with Crippen molar-refractivity contribution < 1.29 is 9.53 Å². The number of nitrogens with zero attached hydrogens (tertiary/aromatic N) is 4. The highest BCUT2D eigenvalue weighted by atomic mass is 16.5. The number of fused-ring (bicyclic) bond motifs is 1. The van der Waals surface area contributed by atoms with Crippen LogP contribution in [0.25, 0.3) is 16.9 Å². The van der Waals surface area contributed by atoms with Crippen molar-refractivity contribution in [3.05, 3.63) is 48.0 Å². The van der Waals surface area contributed by atoms with Crippen LogP contribution in [0.2, 0.25) is 0 Å². The first-order valence-electron chi connectivity index (χ1n) is 6.63. The fraction of sp³-hybridized carbons (Fsp3) is 0.200. The van der Waals surface area contributed by atoms with Crippen LogP contribution in [0, 0.1) is 6.92 Å². The lowest BCUT2D eigenvalue weighted by Crippen LogP contribution is -2.06. The molecule has 106 valence electrons. The molecule has 0 aliphatic rings. The molecule has 0 unspecified atom stereocenters. The molecule has 0 N–H and O–H groups in total. The van der Waals surface area contributed by atoms with Crippen LogP contribution in [0.4, 0.5) is 0 Å². The highest BCUT2D eigenvalue weighted by Crippen LogP contribution is 2.20. The molecule has 0 aliphatic heterocycles. The standard InChI is InChI=1S/C15H14N4O2/c1-3-21-15(20)12-9-17-19-10(2)7-13(18-14(12)19)11-5-4-6-16-8-11/h4-9H,3H2,1-2H3. The molecule has 0 atom stereocenters. The fourth-order valence-corrected chi connectivity index (χ4v) is 2.13. The summed E-state index contributed by atoms with van der Waals surface area (Å²) in [6, 6.07) is 5.68. The molecule has 0 saturated carbocycles. The van der Waals surface area contributed by atoms with Crippen LogP contribution in [-0.2, 0) is 4.74 Å². The first kappa shape index (κ1) is 13.2. The van der Waals surface area contributed by atoms with Crippen LogP contribution in [0.15, 0.2) is 36.8 Å². The van der Waals surface area contributed by atoms with Gasteiger partial charge in [-0.3, -0.25) is 4.98 Å². The number of rotatable bonds is 3. The predicted octanol–water partition coefficient (Wildman–Crippen LogP) is 2.28. The Labute approximate surface area is 121 Å². The molecule has 0 aromatic carbocycles. The highest BCUT2D eigenvalue weighted by molar-refractivity contribution is 5.95. The van der Waals surface area contributed by atoms with Gasteiger partial charge in [-0.2, -0.15) is 5.10 Å². The molecule has 6 heteroatoms. The highest BCUT2D eigenvalue weighted by Gasteiger charge is 2.17. The number of pyridine rings is 1. The Morgan fingerprint density at radius 3 is 2.95 bits per heavy atom. The van der Waals surface area contributed by atoms with Gasteiger partial charge in [0.15, 0.2) is 5.65 Å². The van der Waals surface area contributed by atoms with Gasteiger partial charge in [-0.25, -0.2) is 14.3 Å². The minimum atomic E-state index is -0.414. The van der Waals surface area contributed by atoms with Gasteiger partial charge >= 0.3 is 5.97 Å². The van der Waals surface area contributed by atoms with Crippen LogP contribution < -0.4 is 0 Å². The van der Waals surface area contributed by atoms with E-state index in [-0.39, 0.29) is 0 Å². The molecule has 3 aromatic rings. The van der Waals surface area contributed by atoms with Gasteiger partial charge in [0.05, 0.1) is 18.5 Å². The summed E-state index contributed by atoms with van der Waals surface area (Å²) < 4.78 is 6.67. The first-order valence-corrected chi connectivity index (χ1v) is 6.63. The van der Waals surface area contributed by atoms with Crippen LogP contribution in [0.5, 0.6) is 0 Å². The predicted molar refractivity (Wildman–Crippen MR) is 76.9 cm³/mol. The molecular formula is C15H14N4O2. The molecule has 0 amide bonds. The zero-order valence-electron chi connectivity index (χ0n) is 11.8. The number of hydrogen-bond acceptors (Lipinski definition) is 5. The van der Waals surface area contributed by atoms with Gasteiger partial charge in [0, 0.05) is 23.7 Å². The van der Waals surface area contributed by atoms with Crippen molar-refractivity contribution in [1.29, 1.82) is 0 Å². The van der Waals surface area contributed by atoms with E-state index in [1.807, 2.05) is 25.1 Å². The second kappa shape index (κ2) is 5.32. The number of carbonyl (C=O) groups excluding carboxylic acids is 1. The van der Waals surface area contributed by atoms with Crippen molar-refractivity contribution in [1.82, 2.24) is 19.6 Å². The van der Waals surface area contributed by atoms with Crippen LogP contribution in [-0.4, -0.2) is 32.2 Å². The third kappa shape index (κ3) is 2.35. The summed E-state index contributed by atoms with van der Waals surface area (Å²) in [5.41, 5.74) is 3.38. The first-order chi connectivity index (χ1) is 10.2. The van der Waals surface area contributed by atoms with Crippen LogP contribution >= 0.6 is 0 Å². The number of hydrogen-bond donors (Lipinski definition) is 0. The molecule has 0 saturated heterocycles. The van der Waals surface area contributed by atoms with Crippen molar-refractivity contribution in [3.63, 3.8) is 0 Å². The average Bonchev–Trinajstić information content (AvgIpc) is 2.93. The van der Waals surface area contributed by atoms with E-state index in [0.29, 0.717) is 17.8 Å². The summed E-state index contributed by atoms with van der Waals surface area (Å²) >= 11 is 0. The van der Waals surface area contributed by atoms with Gasteiger partial charge in [-0.1, -0.05) is 0 Å². The summed E-state index contributed by atoms with van der Waals surface area (Å²) in [7, 11) is 0. The Bertz CT molecular complexity index is 796. The topological polar surface area (TPSA) is 69.4 Å². The average molecular weight is 282 g/mol. The van der Waals surface area contributed by atoms with Gasteiger partial charge in [-0.05, 0) is 32.0 Å². The van der Waals surface area contributed by atoms with E-state index < -0.39 is 5.97 Å². The summed E-state index contributed by atoms with van der Waals surface area (Å²) in [6.45, 7) is 4.00. The zero-order chi connectivity index (χ0) is 14.8. The quantitative estimate of drug-likeness (QED) is 0.689. The third-order valence-electron chi connectivity index (χ3n) is 3.10. The van der Waals surface area contributed by atoms with Gasteiger partial charge < -0.3 is 4.74 Å². The SMILES string of the molecule is CCOC(=O)c1cnn2c(C)cc(-c3cccnc3)nc12. The van der Waals surface area contributed by atoms with Crippen molar-refractivity contribution in [2.75, 3.05) is 6.61 Å². The van der Waals surface area contributed by atoms with Crippen molar-refractivity contribution >= 4 is 11.6 Å². The summed E-state index contributed by atoms with van der Waals surface area (Å²) in [6.07, 6.45) is 4.93. The summed E-state index contributed by atoms with van der Waals surface area (Å²) in [5.74, 6) is -0.414. The molecule has 3 heterocycles. The molecule has 0 bridgehead atoms. The number of carbonyl (C=O) groups is 1. The van der Waals surface area contributed by atoms with Crippen LogP contribution in [0.1, 0.15) is 23.0 Å². The van der Waals surface area contributed by atoms with E-state index in [2.05, 4.69) is 15.1 Å². The van der Waals surface area contributed by atoms with E-state index in [0.717, 1.165) is 17.0 Å². The molecule has 6 nitrogen and oxygen atoms in total. The maximum absolute atomic E-state index is 12.0. The number of esters is 1. The van der Waals surface area contributed by atoms with E-state index in [9.17, 15) is 4.79 Å². The van der Waals surface area contributed by atoms with Gasteiger partial charge in [-0.15, -0.1) is 0 Å². The molecule has 21 heavy (non-hydrogen) atoms. The van der Waals surface area contributed by atoms with Crippen molar-refractivity contribution in [3.8, 4) is 11.3 Å². The number of aromatic nitrogens is 4. The largest absolute Gasteiger partial charge is 0.462 e.